The third-order valence-corrected chi connectivity index (χ3v) is 15.6. The van der Waals surface area contributed by atoms with Crippen LogP contribution in [0.5, 0.6) is 0 Å². The van der Waals surface area contributed by atoms with E-state index in [9.17, 15) is 62.2 Å². The Kier molecular flexibility index (Phi) is 32.0. The molecule has 0 aromatic heterocycles. The van der Waals surface area contributed by atoms with Gasteiger partial charge in [0, 0.05) is 50.4 Å². The molecule has 466 valence electrons. The molecule has 0 saturated carbocycles. The Bertz CT molecular complexity index is 2630. The minimum atomic E-state index is -1.81. The van der Waals surface area contributed by atoms with Gasteiger partial charge in [0.25, 0.3) is 5.91 Å². The molecular formula is C52H73FN14O15S3. The zero-order valence-electron chi connectivity index (χ0n) is 46.6. The zero-order chi connectivity index (χ0) is 61.9. The van der Waals surface area contributed by atoms with Crippen LogP contribution < -0.4 is 64.6 Å². The number of nitrogens with two attached hydrogens (primary N) is 2. The second-order valence-corrected chi connectivity index (χ2v) is 22.5. The number of thioether (sulfide) groups is 1. The van der Waals surface area contributed by atoms with E-state index < -0.39 is 133 Å². The first-order valence-electron chi connectivity index (χ1n) is 26.8. The van der Waals surface area contributed by atoms with E-state index in [-0.39, 0.29) is 107 Å². The van der Waals surface area contributed by atoms with Crippen LogP contribution in [-0.2, 0) is 73.5 Å². The van der Waals surface area contributed by atoms with Crippen molar-refractivity contribution >= 4 is 111 Å². The molecule has 2 aromatic rings. The van der Waals surface area contributed by atoms with Gasteiger partial charge < -0.3 is 84.1 Å². The summed E-state index contributed by atoms with van der Waals surface area (Å²) in [7, 11) is 3.33. The van der Waals surface area contributed by atoms with E-state index in [1.807, 2.05) is 0 Å². The number of rotatable bonds is 24. The van der Waals surface area contributed by atoms with Gasteiger partial charge in [0.05, 0.1) is 44.8 Å². The lowest BCUT2D eigenvalue weighted by Gasteiger charge is -2.27. The molecule has 4 rings (SSSR count). The van der Waals surface area contributed by atoms with Gasteiger partial charge in [-0.15, -0.1) is 11.8 Å². The summed E-state index contributed by atoms with van der Waals surface area (Å²) in [6.45, 7) is -0.604. The number of fused-ring (bicyclic) bond motifs is 5. The largest absolute Gasteiger partial charge is 0.481 e. The van der Waals surface area contributed by atoms with Gasteiger partial charge in [-0.2, -0.15) is 0 Å². The smallest absolute Gasteiger partial charge is 0.305 e. The van der Waals surface area contributed by atoms with Gasteiger partial charge in [0.2, 0.25) is 53.2 Å². The normalized spacial score (nSPS) is 21.8. The summed E-state index contributed by atoms with van der Waals surface area (Å²) in [6.07, 6.45) is 0.593. The van der Waals surface area contributed by atoms with Crippen molar-refractivity contribution in [1.82, 2.24) is 53.2 Å². The van der Waals surface area contributed by atoms with Crippen LogP contribution in [0, 0.1) is 5.82 Å². The quantitative estimate of drug-likeness (QED) is 0.0161. The zero-order valence-corrected chi connectivity index (χ0v) is 49.0. The summed E-state index contributed by atoms with van der Waals surface area (Å²) in [5.41, 5.74) is 12.1. The number of amides is 10. The maximum atomic E-state index is 14.5. The summed E-state index contributed by atoms with van der Waals surface area (Å²) >= 11 is 0.911. The van der Waals surface area contributed by atoms with Crippen molar-refractivity contribution in [2.24, 2.45) is 21.6 Å². The molecule has 0 radical (unpaired) electrons. The van der Waals surface area contributed by atoms with Crippen LogP contribution in [0.15, 0.2) is 64.7 Å². The number of hydrogen-bond donors (Lipinski definition) is 13. The number of nitrogens with zero attached hydrogens (tertiary/aromatic N) is 2. The number of carboxylic acids is 1. The van der Waals surface area contributed by atoms with Gasteiger partial charge in [-0.3, -0.25) is 57.7 Å². The summed E-state index contributed by atoms with van der Waals surface area (Å²) in [6, 6.07) is 3.44. The standard InChI is InChI=1S/C52H73FN14O15S3/c1-80-20-21-81-19-18-57-46(74)38-27-83-30-43(70)61-35(10-5-6-16-56-42(69)26-82-60-24-32-12-14-33(53)15-13-32)47(75)66-39-28-84-85-29-40(51(79)64-36(48(76)65-38)22-31-8-3-2-4-9-31)67-49(77)37(23-44(71)72)62-41(68)25-59-45(73)34(63-50(39)78)11-7-17-58-52(54)55/h2-4,8-9,12-15,24,34-40H,5-7,10-11,16-23,25-30H2,1H3,(H,56,69)(H,57,74)(H,59,73)(H,61,70)(H,62,68)(H,63,78)(H,64,79)(H,65,76)(H,66,75)(H,67,77)(H,71,72)(H4,54,55,58)/b60-24+/t34-,35-,36-,37-,38-,39-,40-/m0/s1. The second kappa shape index (κ2) is 39.0. The Labute approximate surface area is 501 Å². The number of unbranched alkanes of at least 4 members (excludes halogenated alkanes) is 1. The van der Waals surface area contributed by atoms with E-state index in [4.69, 9.17) is 25.8 Å². The second-order valence-electron chi connectivity index (χ2n) is 18.9. The number of carboxylic acid groups (broad SMARTS) is 1. The summed E-state index contributed by atoms with van der Waals surface area (Å²) < 4.78 is 23.7. The summed E-state index contributed by atoms with van der Waals surface area (Å²) in [4.78, 5) is 160. The van der Waals surface area contributed by atoms with Crippen LogP contribution in [0.1, 0.15) is 49.7 Å². The highest BCUT2D eigenvalue weighted by molar-refractivity contribution is 8.76. The van der Waals surface area contributed by atoms with Gasteiger partial charge in [-0.25, -0.2) is 4.39 Å². The monoisotopic (exact) mass is 1250 g/mol. The van der Waals surface area contributed by atoms with Crippen LogP contribution in [-0.4, -0.2) is 207 Å². The topological polar surface area (TPSA) is 433 Å². The van der Waals surface area contributed by atoms with Crippen molar-refractivity contribution in [2.75, 3.05) is 82.7 Å². The molecular weight excluding hydrogens is 1180 g/mol. The van der Waals surface area contributed by atoms with E-state index in [0.717, 1.165) is 33.3 Å². The molecule has 15 N–H and O–H groups in total. The summed E-state index contributed by atoms with van der Waals surface area (Å²) in [5.74, 6) is -12.0. The van der Waals surface area contributed by atoms with Crippen molar-refractivity contribution in [1.29, 1.82) is 0 Å². The molecule has 2 aliphatic rings. The minimum Gasteiger partial charge on any atom is -0.481 e. The van der Waals surface area contributed by atoms with Gasteiger partial charge >= 0.3 is 5.97 Å². The first kappa shape index (κ1) is 69.7. The third-order valence-electron chi connectivity index (χ3n) is 12.1. The number of nitrogens with one attached hydrogen (secondary N) is 10. The number of methoxy groups -OCH3 is 1. The number of hydrogen-bond acceptors (Lipinski definition) is 19. The fourth-order valence-electron chi connectivity index (χ4n) is 7.78. The third kappa shape index (κ3) is 28.1. The molecule has 10 amide bonds. The van der Waals surface area contributed by atoms with Gasteiger partial charge in [0.1, 0.15) is 48.1 Å². The fraction of sp³-hybridized carbons (Fsp3) is 0.519. The van der Waals surface area contributed by atoms with E-state index in [2.05, 4.69) is 63.3 Å². The predicted octanol–water partition coefficient (Wildman–Crippen LogP) is -3.34. The van der Waals surface area contributed by atoms with E-state index in [1.165, 1.54) is 37.6 Å². The molecule has 33 heteroatoms. The van der Waals surface area contributed by atoms with Gasteiger partial charge in [-0.05, 0) is 55.4 Å². The number of oxime groups is 1. The molecule has 29 nitrogen and oxygen atoms in total. The molecule has 2 bridgehead atoms. The van der Waals surface area contributed by atoms with Crippen molar-refractivity contribution in [3.8, 4) is 0 Å². The Morgan fingerprint density at radius 1 is 0.694 bits per heavy atom. The van der Waals surface area contributed by atoms with E-state index in [0.29, 0.717) is 11.1 Å². The van der Waals surface area contributed by atoms with Crippen molar-refractivity contribution < 1.29 is 76.5 Å². The van der Waals surface area contributed by atoms with Crippen LogP contribution >= 0.6 is 33.3 Å². The highest BCUT2D eigenvalue weighted by Gasteiger charge is 2.35. The Hall–Kier alpha value is -7.75. The molecule has 2 aliphatic heterocycles. The molecule has 2 fully saturated rings. The molecule has 85 heavy (non-hydrogen) atoms. The SMILES string of the molecule is COCCOCCNC(=O)[C@@H]1CSCC(=O)N[C@@H](CCCCNC(=O)CO/N=C/c2ccc(F)cc2)C(=O)N[C@H]2CSSC[C@H](NC(=O)[C@H](CC(=O)O)NC(=O)CNC(=O)[C@H](CCCN=C(N)N)NC2=O)C(=O)N[C@@H](Cc2ccccc2)C(=O)N1. The van der Waals surface area contributed by atoms with Crippen molar-refractivity contribution in [3.63, 3.8) is 0 Å². The summed E-state index contributed by atoms with van der Waals surface area (Å²) in [5, 5.41) is 39.3. The maximum absolute atomic E-state index is 14.5. The van der Waals surface area contributed by atoms with Crippen LogP contribution in [0.25, 0.3) is 0 Å². The number of aliphatic carboxylic acids is 1. The average Bonchev–Trinajstić information content (AvgIpc) is 3.50. The molecule has 2 aromatic carbocycles. The maximum Gasteiger partial charge on any atom is 0.305 e. The number of carbonyl (C=O) groups excluding carboxylic acids is 10. The molecule has 0 unspecified atom stereocenters. The molecule has 2 heterocycles. The minimum absolute atomic E-state index is 0.00178. The molecule has 2 saturated heterocycles. The van der Waals surface area contributed by atoms with Crippen molar-refractivity contribution in [2.45, 2.75) is 87.2 Å². The average molecular weight is 1250 g/mol. The Morgan fingerprint density at radius 3 is 2.00 bits per heavy atom. The number of benzene rings is 2. The Morgan fingerprint density at radius 2 is 1.33 bits per heavy atom. The van der Waals surface area contributed by atoms with Crippen LogP contribution in [0.3, 0.4) is 0 Å². The lowest BCUT2D eigenvalue weighted by molar-refractivity contribution is -0.141. The Balaban J connectivity index is 1.71. The fourth-order valence-corrected chi connectivity index (χ4v) is 11.0. The van der Waals surface area contributed by atoms with Crippen LogP contribution in [0.4, 0.5) is 4.39 Å². The number of ether oxygens (including phenoxy) is 2. The van der Waals surface area contributed by atoms with E-state index >= 15 is 0 Å². The highest BCUT2D eigenvalue weighted by Crippen LogP contribution is 2.24. The molecule has 0 spiro atoms. The van der Waals surface area contributed by atoms with Gasteiger partial charge in [0.15, 0.2) is 12.6 Å². The number of carbonyl (C=O) groups is 11. The highest BCUT2D eigenvalue weighted by atomic mass is 33.1. The lowest BCUT2D eigenvalue weighted by atomic mass is 10.0. The van der Waals surface area contributed by atoms with E-state index in [1.54, 1.807) is 30.3 Å². The number of aliphatic imine (C=N–C) groups is 1. The lowest BCUT2D eigenvalue weighted by Crippen LogP contribution is -2.60. The van der Waals surface area contributed by atoms with Crippen molar-refractivity contribution in [3.05, 3.63) is 71.5 Å². The van der Waals surface area contributed by atoms with Gasteiger partial charge in [-0.1, -0.05) is 69.2 Å². The first-order chi connectivity index (χ1) is 40.8. The molecule has 0 aliphatic carbocycles. The van der Waals surface area contributed by atoms with Crippen LogP contribution in [0.2, 0.25) is 0 Å². The molecule has 7 atom stereocenters. The predicted molar refractivity (Wildman–Crippen MR) is 314 cm³/mol. The number of guanidine groups is 1. The first-order valence-corrected chi connectivity index (χ1v) is 30.5. The number of halogens is 1.